The first-order valence-corrected chi connectivity index (χ1v) is 12.7. The number of rotatable bonds is 10. The predicted octanol–water partition coefficient (Wildman–Crippen LogP) is 5.30. The van der Waals surface area contributed by atoms with Crippen LogP contribution in [0, 0.1) is 6.92 Å². The third-order valence-corrected chi connectivity index (χ3v) is 6.51. The van der Waals surface area contributed by atoms with E-state index < -0.39 is 24.5 Å². The Kier molecular flexibility index (Phi) is 8.50. The zero-order valence-corrected chi connectivity index (χ0v) is 22.6. The van der Waals surface area contributed by atoms with Crippen LogP contribution in [-0.2, 0) is 14.3 Å². The fourth-order valence-electron chi connectivity index (χ4n) is 4.31. The molecule has 3 aromatic rings. The summed E-state index contributed by atoms with van der Waals surface area (Å²) in [7, 11) is 0. The Morgan fingerprint density at radius 1 is 0.850 bits per heavy atom. The summed E-state index contributed by atoms with van der Waals surface area (Å²) in [6.07, 6.45) is 0. The summed E-state index contributed by atoms with van der Waals surface area (Å²) in [5.41, 5.74) is 5.43. The van der Waals surface area contributed by atoms with Gasteiger partial charge in [0.25, 0.3) is 0 Å². The maximum absolute atomic E-state index is 13.0. The first-order valence-electron chi connectivity index (χ1n) is 12.7. The van der Waals surface area contributed by atoms with E-state index in [4.69, 9.17) is 24.1 Å². The van der Waals surface area contributed by atoms with Gasteiger partial charge < -0.3 is 24.1 Å². The van der Waals surface area contributed by atoms with Gasteiger partial charge in [0.2, 0.25) is 0 Å². The average molecular weight is 543 g/mol. The van der Waals surface area contributed by atoms with Crippen molar-refractivity contribution in [1.82, 2.24) is 0 Å². The molecule has 0 bridgehead atoms. The van der Waals surface area contributed by atoms with Gasteiger partial charge in [-0.05, 0) is 84.1 Å². The lowest BCUT2D eigenvalue weighted by Crippen LogP contribution is -2.13. The van der Waals surface area contributed by atoms with Gasteiger partial charge in [-0.1, -0.05) is 32.2 Å². The summed E-state index contributed by atoms with van der Waals surface area (Å²) in [5.74, 6) is -0.435. The highest BCUT2D eigenvalue weighted by atomic mass is 16.6. The molecule has 1 aliphatic carbocycles. The standard InChI is InChI=1S/C32H30O8/c1-18(2)30(34)38-13-12-37-23-7-10-26-25-9-6-22(15-27(25)21(5)28(26)16-23)32(36)39-24-8-11-29(19(3)14-24)40-31(35)20(4)17-33/h6-11,14-16,21,33H,1,4,12-13,17H2,2-3,5H3. The third kappa shape index (κ3) is 6.13. The topological polar surface area (TPSA) is 108 Å². The van der Waals surface area contributed by atoms with E-state index in [0.29, 0.717) is 28.2 Å². The molecule has 0 saturated heterocycles. The number of esters is 3. The molecule has 0 radical (unpaired) electrons. The highest BCUT2D eigenvalue weighted by molar-refractivity contribution is 5.93. The SMILES string of the molecule is C=C(C)C(=O)OCCOc1ccc2c(c1)C(C)c1cc(C(=O)Oc3ccc(OC(=O)C(=C)CO)c(C)c3)ccc1-2. The maximum atomic E-state index is 13.0. The lowest BCUT2D eigenvalue weighted by atomic mass is 9.98. The van der Waals surface area contributed by atoms with E-state index in [1.165, 1.54) is 12.1 Å². The zero-order valence-electron chi connectivity index (χ0n) is 22.6. The summed E-state index contributed by atoms with van der Waals surface area (Å²) in [4.78, 5) is 36.4. The Labute approximate surface area is 232 Å². The van der Waals surface area contributed by atoms with Gasteiger partial charge >= 0.3 is 17.9 Å². The second kappa shape index (κ2) is 12.0. The van der Waals surface area contributed by atoms with E-state index in [9.17, 15) is 14.4 Å². The molecule has 40 heavy (non-hydrogen) atoms. The highest BCUT2D eigenvalue weighted by Crippen LogP contribution is 2.46. The van der Waals surface area contributed by atoms with Crippen LogP contribution < -0.4 is 14.2 Å². The Morgan fingerprint density at radius 2 is 1.52 bits per heavy atom. The Hall–Kier alpha value is -4.69. The second-order valence-corrected chi connectivity index (χ2v) is 9.51. The van der Waals surface area contributed by atoms with Gasteiger partial charge in [-0.15, -0.1) is 0 Å². The molecule has 206 valence electrons. The number of benzene rings is 3. The minimum absolute atomic E-state index is 0.0208. The van der Waals surface area contributed by atoms with Crippen molar-refractivity contribution in [3.05, 3.63) is 101 Å². The van der Waals surface area contributed by atoms with Gasteiger partial charge in [0.15, 0.2) is 0 Å². The van der Waals surface area contributed by atoms with Crippen molar-refractivity contribution in [2.45, 2.75) is 26.7 Å². The van der Waals surface area contributed by atoms with E-state index in [-0.39, 0.29) is 30.5 Å². The van der Waals surface area contributed by atoms with Crippen molar-refractivity contribution < 1.29 is 38.4 Å². The number of fused-ring (bicyclic) bond motifs is 3. The molecule has 0 aromatic heterocycles. The van der Waals surface area contributed by atoms with Crippen LogP contribution in [0.15, 0.2) is 78.9 Å². The molecule has 0 amide bonds. The Balaban J connectivity index is 1.42. The number of hydrogen-bond donors (Lipinski definition) is 1. The van der Waals surface area contributed by atoms with E-state index in [1.807, 2.05) is 30.3 Å². The predicted molar refractivity (Wildman–Crippen MR) is 149 cm³/mol. The van der Waals surface area contributed by atoms with Gasteiger partial charge in [0, 0.05) is 11.5 Å². The van der Waals surface area contributed by atoms with Crippen LogP contribution in [0.3, 0.4) is 0 Å². The fraction of sp³-hybridized carbons (Fsp3) is 0.219. The van der Waals surface area contributed by atoms with E-state index in [1.54, 1.807) is 26.0 Å². The summed E-state index contributed by atoms with van der Waals surface area (Å²) in [5, 5.41) is 9.03. The summed E-state index contributed by atoms with van der Waals surface area (Å²) < 4.78 is 21.6. The van der Waals surface area contributed by atoms with E-state index in [2.05, 4.69) is 20.1 Å². The number of aryl methyl sites for hydroxylation is 1. The number of carbonyl (C=O) groups is 3. The lowest BCUT2D eigenvalue weighted by Gasteiger charge is -2.11. The smallest absolute Gasteiger partial charge is 0.343 e. The van der Waals surface area contributed by atoms with Crippen LogP contribution in [0.25, 0.3) is 11.1 Å². The fourth-order valence-corrected chi connectivity index (χ4v) is 4.31. The van der Waals surface area contributed by atoms with Crippen molar-refractivity contribution >= 4 is 17.9 Å². The van der Waals surface area contributed by atoms with Crippen LogP contribution in [0.2, 0.25) is 0 Å². The molecule has 1 unspecified atom stereocenters. The molecule has 3 aromatic carbocycles. The van der Waals surface area contributed by atoms with Crippen molar-refractivity contribution in [1.29, 1.82) is 0 Å². The number of carbonyl (C=O) groups excluding carboxylic acids is 3. The van der Waals surface area contributed by atoms with Crippen molar-refractivity contribution in [2.24, 2.45) is 0 Å². The molecule has 8 heteroatoms. The number of ether oxygens (including phenoxy) is 4. The molecule has 1 atom stereocenters. The highest BCUT2D eigenvalue weighted by Gasteiger charge is 2.27. The maximum Gasteiger partial charge on any atom is 0.343 e. The monoisotopic (exact) mass is 542 g/mol. The molecule has 1 aliphatic rings. The molecule has 0 heterocycles. The van der Waals surface area contributed by atoms with Crippen LogP contribution in [-0.4, -0.2) is 42.8 Å². The molecule has 4 rings (SSSR count). The van der Waals surface area contributed by atoms with Crippen LogP contribution in [0.1, 0.15) is 46.8 Å². The van der Waals surface area contributed by atoms with Crippen molar-refractivity contribution in [3.63, 3.8) is 0 Å². The first-order chi connectivity index (χ1) is 19.1. The normalized spacial score (nSPS) is 13.1. The van der Waals surface area contributed by atoms with Crippen molar-refractivity contribution in [3.8, 4) is 28.4 Å². The first kappa shape index (κ1) is 28.3. The van der Waals surface area contributed by atoms with Crippen LogP contribution in [0.4, 0.5) is 0 Å². The van der Waals surface area contributed by atoms with Crippen molar-refractivity contribution in [2.75, 3.05) is 19.8 Å². The Morgan fingerprint density at radius 3 is 2.20 bits per heavy atom. The molecule has 0 saturated carbocycles. The molecular formula is C32H30O8. The van der Waals surface area contributed by atoms with E-state index >= 15 is 0 Å². The van der Waals surface area contributed by atoms with Gasteiger partial charge in [-0.25, -0.2) is 14.4 Å². The molecule has 1 N–H and O–H groups in total. The molecule has 0 fully saturated rings. The van der Waals surface area contributed by atoms with Crippen LogP contribution in [0.5, 0.6) is 17.2 Å². The molecular weight excluding hydrogens is 512 g/mol. The molecule has 8 nitrogen and oxygen atoms in total. The van der Waals surface area contributed by atoms with Gasteiger partial charge in [0.1, 0.15) is 30.5 Å². The Bertz CT molecular complexity index is 1520. The quantitative estimate of drug-likeness (QED) is 0.159. The lowest BCUT2D eigenvalue weighted by molar-refractivity contribution is -0.139. The van der Waals surface area contributed by atoms with E-state index in [0.717, 1.165) is 22.3 Å². The number of aliphatic hydroxyl groups excluding tert-OH is 1. The summed E-state index contributed by atoms with van der Waals surface area (Å²) in [6.45, 7) is 12.2. The summed E-state index contributed by atoms with van der Waals surface area (Å²) >= 11 is 0. The third-order valence-electron chi connectivity index (χ3n) is 6.51. The minimum Gasteiger partial charge on any atom is -0.490 e. The minimum atomic E-state index is -0.730. The number of aliphatic hydroxyl groups is 1. The molecule has 0 spiro atoms. The van der Waals surface area contributed by atoms with Crippen LogP contribution >= 0.6 is 0 Å². The molecule has 0 aliphatic heterocycles. The largest absolute Gasteiger partial charge is 0.490 e. The van der Waals surface area contributed by atoms with Gasteiger partial charge in [0.05, 0.1) is 17.7 Å². The van der Waals surface area contributed by atoms with Gasteiger partial charge in [-0.3, -0.25) is 0 Å². The van der Waals surface area contributed by atoms with Gasteiger partial charge in [-0.2, -0.15) is 0 Å². The zero-order chi connectivity index (χ0) is 29.0. The second-order valence-electron chi connectivity index (χ2n) is 9.51. The summed E-state index contributed by atoms with van der Waals surface area (Å²) in [6, 6.07) is 15.9. The average Bonchev–Trinajstić information content (AvgIpc) is 3.22. The number of hydrogen-bond acceptors (Lipinski definition) is 8.